The fraction of sp³-hybridized carbons (Fsp3) is 0.312. The van der Waals surface area contributed by atoms with Crippen molar-refractivity contribution in [1.82, 2.24) is 4.98 Å². The second-order valence-electron chi connectivity index (χ2n) is 5.61. The Kier molecular flexibility index (Phi) is 3.95. The van der Waals surface area contributed by atoms with E-state index in [9.17, 15) is 4.79 Å². The van der Waals surface area contributed by atoms with Gasteiger partial charge in [0.1, 0.15) is 0 Å². The summed E-state index contributed by atoms with van der Waals surface area (Å²) in [6.45, 7) is 3.31. The van der Waals surface area contributed by atoms with Crippen molar-refractivity contribution in [2.45, 2.75) is 26.3 Å². The van der Waals surface area contributed by atoms with E-state index in [4.69, 9.17) is 10.8 Å². The number of benzene rings is 1. The van der Waals surface area contributed by atoms with Crippen LogP contribution in [-0.4, -0.2) is 22.1 Å². The molecule has 0 aliphatic rings. The van der Waals surface area contributed by atoms with Gasteiger partial charge < -0.3 is 15.8 Å². The lowest BCUT2D eigenvalue weighted by molar-refractivity contribution is -0.144. The molecule has 0 aliphatic carbocycles. The number of para-hydroxylation sites is 1. The lowest BCUT2D eigenvalue weighted by atomic mass is 9.92. The highest BCUT2D eigenvalue weighted by atomic mass is 16.4. The van der Waals surface area contributed by atoms with Crippen molar-refractivity contribution in [2.24, 2.45) is 11.1 Å². The average Bonchev–Trinajstić information content (AvgIpc) is 2.80. The van der Waals surface area contributed by atoms with Gasteiger partial charge in [0.25, 0.3) is 0 Å². The molecule has 0 saturated carbocycles. The summed E-state index contributed by atoms with van der Waals surface area (Å²) in [6, 6.07) is 7.85. The molecule has 2 rings (SSSR count). The molecule has 1 heterocycles. The molecule has 0 bridgehead atoms. The third kappa shape index (κ3) is 3.08. The van der Waals surface area contributed by atoms with Gasteiger partial charge in [-0.1, -0.05) is 30.4 Å². The minimum atomic E-state index is -0.891. The number of H-pyrrole nitrogens is 1. The normalized spacial score (nSPS) is 13.9. The number of aromatic nitrogens is 1. The number of carboxylic acid groups (broad SMARTS) is 1. The van der Waals surface area contributed by atoms with Crippen LogP contribution in [0.15, 0.2) is 42.6 Å². The first-order valence-electron chi connectivity index (χ1n) is 6.63. The highest BCUT2D eigenvalue weighted by molar-refractivity contribution is 5.83. The van der Waals surface area contributed by atoms with Crippen molar-refractivity contribution in [3.63, 3.8) is 0 Å². The van der Waals surface area contributed by atoms with Gasteiger partial charge in [-0.25, -0.2) is 0 Å². The van der Waals surface area contributed by atoms with Crippen molar-refractivity contribution >= 4 is 16.9 Å². The maximum atomic E-state index is 11.0. The molecule has 1 unspecified atom stereocenters. The Bertz CT molecular complexity index is 641. The van der Waals surface area contributed by atoms with Crippen LogP contribution in [0.25, 0.3) is 10.9 Å². The number of hydrogen-bond donors (Lipinski definition) is 3. The molecule has 4 heteroatoms. The zero-order chi connectivity index (χ0) is 14.8. The highest BCUT2D eigenvalue weighted by Gasteiger charge is 2.23. The van der Waals surface area contributed by atoms with Gasteiger partial charge in [0.05, 0.1) is 5.41 Å². The van der Waals surface area contributed by atoms with Crippen LogP contribution in [0.4, 0.5) is 0 Å². The number of rotatable bonds is 5. The van der Waals surface area contributed by atoms with E-state index in [2.05, 4.69) is 11.1 Å². The first kappa shape index (κ1) is 14.3. The summed E-state index contributed by atoms with van der Waals surface area (Å²) in [4.78, 5) is 14.2. The van der Waals surface area contributed by atoms with E-state index in [1.165, 1.54) is 0 Å². The Morgan fingerprint density at radius 3 is 2.85 bits per heavy atom. The van der Waals surface area contributed by atoms with E-state index in [1.54, 1.807) is 26.0 Å². The van der Waals surface area contributed by atoms with Gasteiger partial charge >= 0.3 is 5.97 Å². The molecular weight excluding hydrogens is 252 g/mol. The summed E-state index contributed by atoms with van der Waals surface area (Å²) >= 11 is 0. The molecule has 0 radical (unpaired) electrons. The summed E-state index contributed by atoms with van der Waals surface area (Å²) in [5, 5.41) is 10.2. The molecule has 20 heavy (non-hydrogen) atoms. The number of carbonyl (C=O) groups is 1. The zero-order valence-corrected chi connectivity index (χ0v) is 11.8. The van der Waals surface area contributed by atoms with Crippen LogP contribution in [0, 0.1) is 5.41 Å². The van der Waals surface area contributed by atoms with Gasteiger partial charge in [0.15, 0.2) is 0 Å². The summed E-state index contributed by atoms with van der Waals surface area (Å²) in [7, 11) is 0. The second kappa shape index (κ2) is 5.51. The van der Waals surface area contributed by atoms with E-state index < -0.39 is 11.4 Å². The van der Waals surface area contributed by atoms with Crippen LogP contribution in [0.2, 0.25) is 0 Å². The predicted octanol–water partition coefficient (Wildman–Crippen LogP) is 2.70. The minimum Gasteiger partial charge on any atom is -0.481 e. The largest absolute Gasteiger partial charge is 0.481 e. The second-order valence-corrected chi connectivity index (χ2v) is 5.61. The molecule has 0 saturated heterocycles. The summed E-state index contributed by atoms with van der Waals surface area (Å²) in [6.07, 6.45) is 6.07. The molecule has 0 amide bonds. The van der Waals surface area contributed by atoms with Crippen molar-refractivity contribution in [3.8, 4) is 0 Å². The Labute approximate surface area is 118 Å². The number of fused-ring (bicyclic) bond motifs is 1. The third-order valence-electron chi connectivity index (χ3n) is 3.44. The molecule has 0 spiro atoms. The van der Waals surface area contributed by atoms with Gasteiger partial charge in [-0.05, 0) is 31.9 Å². The predicted molar refractivity (Wildman–Crippen MR) is 80.5 cm³/mol. The average molecular weight is 272 g/mol. The van der Waals surface area contributed by atoms with Crippen LogP contribution in [-0.2, 0) is 11.2 Å². The third-order valence-corrected chi connectivity index (χ3v) is 3.44. The summed E-state index contributed by atoms with van der Waals surface area (Å²) in [5.41, 5.74) is 7.41. The van der Waals surface area contributed by atoms with Gasteiger partial charge in [-0.15, -0.1) is 0 Å². The number of nitrogens with one attached hydrogen (secondary N) is 1. The monoisotopic (exact) mass is 272 g/mol. The zero-order valence-electron chi connectivity index (χ0n) is 11.8. The van der Waals surface area contributed by atoms with Gasteiger partial charge in [-0.3, -0.25) is 4.79 Å². The van der Waals surface area contributed by atoms with Crippen molar-refractivity contribution in [2.75, 3.05) is 0 Å². The summed E-state index contributed by atoms with van der Waals surface area (Å²) in [5.74, 6) is -0.854. The first-order valence-corrected chi connectivity index (χ1v) is 6.63. The molecule has 0 fully saturated rings. The van der Waals surface area contributed by atoms with E-state index in [0.29, 0.717) is 6.42 Å². The number of aromatic amines is 1. The SMILES string of the molecule is CC(C)(C=CC(N)Cc1c[nH]c2ccccc12)C(=O)O. The molecule has 106 valence electrons. The van der Waals surface area contributed by atoms with Crippen LogP contribution >= 0.6 is 0 Å². The van der Waals surface area contributed by atoms with Crippen LogP contribution in [0.3, 0.4) is 0 Å². The summed E-state index contributed by atoms with van der Waals surface area (Å²) < 4.78 is 0. The fourth-order valence-electron chi connectivity index (χ4n) is 2.06. The molecule has 4 N–H and O–H groups in total. The standard InChI is InChI=1S/C16H20N2O2/c1-16(2,15(19)20)8-7-12(17)9-11-10-18-14-6-4-3-5-13(11)14/h3-8,10,12,18H,9,17H2,1-2H3,(H,19,20). The first-order chi connectivity index (χ1) is 9.40. The Hall–Kier alpha value is -2.07. The molecule has 4 nitrogen and oxygen atoms in total. The smallest absolute Gasteiger partial charge is 0.312 e. The van der Waals surface area contributed by atoms with Crippen molar-refractivity contribution in [3.05, 3.63) is 48.2 Å². The highest BCUT2D eigenvalue weighted by Crippen LogP contribution is 2.20. The number of carboxylic acids is 1. The minimum absolute atomic E-state index is 0.201. The molecule has 1 aromatic heterocycles. The quantitative estimate of drug-likeness (QED) is 0.732. The van der Waals surface area contributed by atoms with E-state index in [-0.39, 0.29) is 6.04 Å². The van der Waals surface area contributed by atoms with E-state index in [0.717, 1.165) is 16.5 Å². The van der Waals surface area contributed by atoms with Crippen LogP contribution in [0.5, 0.6) is 0 Å². The van der Waals surface area contributed by atoms with Crippen LogP contribution in [0.1, 0.15) is 19.4 Å². The van der Waals surface area contributed by atoms with Gasteiger partial charge in [0.2, 0.25) is 0 Å². The lowest BCUT2D eigenvalue weighted by Gasteiger charge is -2.14. The molecule has 1 atom stereocenters. The van der Waals surface area contributed by atoms with E-state index in [1.807, 2.05) is 24.4 Å². The topological polar surface area (TPSA) is 79.1 Å². The molecular formula is C16H20N2O2. The van der Waals surface area contributed by atoms with Gasteiger partial charge in [0, 0.05) is 23.1 Å². The Morgan fingerprint density at radius 1 is 1.45 bits per heavy atom. The van der Waals surface area contributed by atoms with Crippen molar-refractivity contribution in [1.29, 1.82) is 0 Å². The number of aliphatic carboxylic acids is 1. The number of nitrogens with two attached hydrogens (primary N) is 1. The fourth-order valence-corrected chi connectivity index (χ4v) is 2.06. The Balaban J connectivity index is 2.10. The molecule has 1 aromatic carbocycles. The molecule has 0 aliphatic heterocycles. The Morgan fingerprint density at radius 2 is 2.15 bits per heavy atom. The maximum Gasteiger partial charge on any atom is 0.312 e. The van der Waals surface area contributed by atoms with E-state index >= 15 is 0 Å². The maximum absolute atomic E-state index is 11.0. The van der Waals surface area contributed by atoms with Crippen LogP contribution < -0.4 is 5.73 Å². The molecule has 2 aromatic rings. The lowest BCUT2D eigenvalue weighted by Crippen LogP contribution is -2.24. The van der Waals surface area contributed by atoms with Crippen molar-refractivity contribution < 1.29 is 9.90 Å². The number of hydrogen-bond acceptors (Lipinski definition) is 2. The van der Waals surface area contributed by atoms with Gasteiger partial charge in [-0.2, -0.15) is 0 Å².